The third kappa shape index (κ3) is 11.2. The molecule has 0 aromatic rings. The van der Waals surface area contributed by atoms with Crippen molar-refractivity contribution in [1.29, 1.82) is 0 Å². The van der Waals surface area contributed by atoms with Gasteiger partial charge >= 0.3 is 24.2 Å². The van der Waals surface area contributed by atoms with Crippen molar-refractivity contribution in [3.63, 3.8) is 0 Å². The van der Waals surface area contributed by atoms with Crippen LogP contribution >= 0.6 is 0 Å². The minimum absolute atomic E-state index is 0.185. The Kier molecular flexibility index (Phi) is 12.1. The summed E-state index contributed by atoms with van der Waals surface area (Å²) in [6.45, 7) is 7.28. The summed E-state index contributed by atoms with van der Waals surface area (Å²) in [6.07, 6.45) is 14.7. The van der Waals surface area contributed by atoms with Gasteiger partial charge in [0, 0.05) is 25.0 Å². The second kappa shape index (κ2) is 15.0. The predicted molar refractivity (Wildman–Crippen MR) is 137 cm³/mol. The highest BCUT2D eigenvalue weighted by Gasteiger charge is 2.39. The average molecular weight is 535 g/mol. The van der Waals surface area contributed by atoms with E-state index in [2.05, 4.69) is 0 Å². The molecule has 0 amide bonds. The zero-order valence-corrected chi connectivity index (χ0v) is 22.6. The number of allylic oxidation sites excluding steroid dienone is 2. The lowest BCUT2D eigenvalue weighted by atomic mass is 10.1. The Hall–Kier alpha value is -3.56. The van der Waals surface area contributed by atoms with Crippen LogP contribution in [0.15, 0.2) is 48.0 Å². The molecule has 2 aliphatic heterocycles. The molecule has 0 radical (unpaired) electrons. The van der Waals surface area contributed by atoms with Crippen LogP contribution in [0.1, 0.15) is 79.1 Å². The van der Waals surface area contributed by atoms with Crippen LogP contribution in [-0.4, -0.2) is 48.7 Å². The summed E-state index contributed by atoms with van der Waals surface area (Å²) >= 11 is 0. The van der Waals surface area contributed by atoms with Gasteiger partial charge in [-0.3, -0.25) is 0 Å². The average Bonchev–Trinajstić information content (AvgIpc) is 3.25. The highest BCUT2D eigenvalue weighted by Crippen LogP contribution is 2.30. The Morgan fingerprint density at radius 2 is 1.05 bits per heavy atom. The molecule has 0 saturated carbocycles. The Labute approximate surface area is 223 Å². The maximum absolute atomic E-state index is 11.8. The number of carbonyl (C=O) groups excluding carboxylic acids is 4. The predicted octanol–water partition coefficient (Wildman–Crippen LogP) is 5.96. The van der Waals surface area contributed by atoms with Gasteiger partial charge < -0.3 is 28.4 Å². The summed E-state index contributed by atoms with van der Waals surface area (Å²) in [5.41, 5.74) is -1.60. The second-order valence-electron chi connectivity index (χ2n) is 9.77. The fourth-order valence-electron chi connectivity index (χ4n) is 3.59. The molecule has 10 nitrogen and oxygen atoms in total. The normalized spacial score (nSPS) is 20.0. The lowest BCUT2D eigenvalue weighted by Crippen LogP contribution is -2.20. The third-order valence-electron chi connectivity index (χ3n) is 5.63. The minimum atomic E-state index is -0.800. The third-order valence-corrected chi connectivity index (χ3v) is 5.63. The van der Waals surface area contributed by atoms with Crippen LogP contribution in [0.2, 0.25) is 0 Å². The molecular formula is C28H38O10. The van der Waals surface area contributed by atoms with Crippen LogP contribution in [-0.2, 0) is 38.0 Å². The Balaban J connectivity index is 1.44. The van der Waals surface area contributed by atoms with E-state index >= 15 is 0 Å². The largest absolute Gasteiger partial charge is 0.514 e. The van der Waals surface area contributed by atoms with Crippen LogP contribution < -0.4 is 0 Å². The summed E-state index contributed by atoms with van der Waals surface area (Å²) in [5, 5.41) is 0. The van der Waals surface area contributed by atoms with Crippen molar-refractivity contribution >= 4 is 24.2 Å². The number of hydrogen-bond acceptors (Lipinski definition) is 10. The van der Waals surface area contributed by atoms with Crippen molar-refractivity contribution in [3.8, 4) is 0 Å². The van der Waals surface area contributed by atoms with Crippen LogP contribution in [0.25, 0.3) is 0 Å². The molecule has 0 bridgehead atoms. The van der Waals surface area contributed by atoms with E-state index in [0.29, 0.717) is 24.4 Å². The standard InChI is InChI=1S/C28H38O10/c1-27(2)21(35-25(31)37-27)15-13-19-33-23(29)17-11-9-7-5-6-8-10-12-18-24(30)34-20-14-16-22-28(3,4)38-26(32)36-22/h11-12,15-18H,5-10,13-14,19-20H2,1-4H3/b17-11?,18-12?,21-15+,22-16+. The monoisotopic (exact) mass is 534 g/mol. The molecule has 10 heteroatoms. The number of rotatable bonds is 15. The van der Waals surface area contributed by atoms with Crippen LogP contribution in [0.3, 0.4) is 0 Å². The molecule has 0 aliphatic carbocycles. The van der Waals surface area contributed by atoms with Gasteiger partial charge in [0.05, 0.1) is 13.2 Å². The lowest BCUT2D eigenvalue weighted by molar-refractivity contribution is -0.138. The van der Waals surface area contributed by atoms with Gasteiger partial charge in [-0.25, -0.2) is 19.2 Å². The quantitative estimate of drug-likeness (QED) is 0.107. The molecule has 2 saturated heterocycles. The first-order chi connectivity index (χ1) is 18.0. The van der Waals surface area contributed by atoms with Gasteiger partial charge in [0.25, 0.3) is 0 Å². The summed E-state index contributed by atoms with van der Waals surface area (Å²) in [5.74, 6) is 0.0278. The maximum Gasteiger partial charge on any atom is 0.514 e. The molecule has 0 spiro atoms. The fraction of sp³-hybridized carbons (Fsp3) is 0.571. The zero-order chi connectivity index (χ0) is 28.0. The molecule has 2 heterocycles. The molecule has 2 fully saturated rings. The van der Waals surface area contributed by atoms with Gasteiger partial charge in [-0.1, -0.05) is 25.0 Å². The topological polar surface area (TPSA) is 124 Å². The van der Waals surface area contributed by atoms with Crippen molar-refractivity contribution in [2.75, 3.05) is 13.2 Å². The van der Waals surface area contributed by atoms with Gasteiger partial charge in [0.15, 0.2) is 22.7 Å². The first kappa shape index (κ1) is 30.7. The molecule has 38 heavy (non-hydrogen) atoms. The zero-order valence-electron chi connectivity index (χ0n) is 22.6. The molecule has 0 N–H and O–H groups in total. The van der Waals surface area contributed by atoms with Crippen molar-refractivity contribution < 1.29 is 47.6 Å². The van der Waals surface area contributed by atoms with Gasteiger partial charge in [0.1, 0.15) is 0 Å². The number of hydrogen-bond donors (Lipinski definition) is 0. The van der Waals surface area contributed by atoms with E-state index in [-0.39, 0.29) is 13.2 Å². The number of esters is 2. The first-order valence-corrected chi connectivity index (χ1v) is 12.9. The number of carbonyl (C=O) groups is 4. The maximum atomic E-state index is 11.8. The van der Waals surface area contributed by atoms with Gasteiger partial charge in [-0.2, -0.15) is 0 Å². The smallest absolute Gasteiger partial charge is 0.462 e. The summed E-state index contributed by atoms with van der Waals surface area (Å²) in [7, 11) is 0. The number of ether oxygens (including phenoxy) is 6. The Bertz CT molecular complexity index is 890. The fourth-order valence-corrected chi connectivity index (χ4v) is 3.59. The van der Waals surface area contributed by atoms with Gasteiger partial charge in [-0.15, -0.1) is 0 Å². The summed E-state index contributed by atoms with van der Waals surface area (Å²) in [4.78, 5) is 45.8. The summed E-state index contributed by atoms with van der Waals surface area (Å²) in [6, 6.07) is 0. The van der Waals surface area contributed by atoms with E-state index in [1.54, 1.807) is 52.0 Å². The molecule has 210 valence electrons. The van der Waals surface area contributed by atoms with Crippen LogP contribution in [0, 0.1) is 0 Å². The lowest BCUT2D eigenvalue weighted by Gasteiger charge is -2.13. The van der Waals surface area contributed by atoms with Crippen molar-refractivity contribution in [2.24, 2.45) is 0 Å². The van der Waals surface area contributed by atoms with Crippen molar-refractivity contribution in [2.45, 2.75) is 90.3 Å². The molecule has 2 aliphatic rings. The van der Waals surface area contributed by atoms with E-state index < -0.39 is 35.5 Å². The van der Waals surface area contributed by atoms with E-state index in [9.17, 15) is 19.2 Å². The number of unbranched alkanes of at least 4 members (excludes halogenated alkanes) is 5. The van der Waals surface area contributed by atoms with E-state index in [1.165, 1.54) is 12.2 Å². The van der Waals surface area contributed by atoms with Crippen LogP contribution in [0.4, 0.5) is 9.59 Å². The number of cyclic esters (lactones) is 4. The molecule has 0 unspecified atom stereocenters. The molecule has 0 aromatic heterocycles. The van der Waals surface area contributed by atoms with E-state index in [1.807, 2.05) is 0 Å². The van der Waals surface area contributed by atoms with E-state index in [0.717, 1.165) is 38.5 Å². The highest BCUT2D eigenvalue weighted by atomic mass is 16.8. The SMILES string of the molecule is CC1(C)OC(=O)O/C1=C/CCOC(=O)C=CCCCCCCC=CC(=O)OCC/C=C1/OC(=O)OC1(C)C. The van der Waals surface area contributed by atoms with Gasteiger partial charge in [0.2, 0.25) is 0 Å². The second-order valence-corrected chi connectivity index (χ2v) is 9.77. The van der Waals surface area contributed by atoms with Crippen molar-refractivity contribution in [1.82, 2.24) is 0 Å². The summed E-state index contributed by atoms with van der Waals surface area (Å²) < 4.78 is 30.2. The molecular weight excluding hydrogens is 496 g/mol. The molecule has 2 rings (SSSR count). The highest BCUT2D eigenvalue weighted by molar-refractivity contribution is 5.82. The van der Waals surface area contributed by atoms with E-state index in [4.69, 9.17) is 28.4 Å². The first-order valence-electron chi connectivity index (χ1n) is 12.9. The Morgan fingerprint density at radius 3 is 1.39 bits per heavy atom. The minimum Gasteiger partial charge on any atom is -0.462 e. The van der Waals surface area contributed by atoms with Gasteiger partial charge in [-0.05, 0) is 65.5 Å². The van der Waals surface area contributed by atoms with Crippen LogP contribution in [0.5, 0.6) is 0 Å². The van der Waals surface area contributed by atoms with Crippen molar-refractivity contribution in [3.05, 3.63) is 48.0 Å². The molecule has 0 atom stereocenters. The molecule has 0 aromatic carbocycles. The Morgan fingerprint density at radius 1 is 0.658 bits per heavy atom.